The van der Waals surface area contributed by atoms with E-state index in [0.717, 1.165) is 43.7 Å². The van der Waals surface area contributed by atoms with E-state index in [2.05, 4.69) is 17.1 Å². The van der Waals surface area contributed by atoms with Gasteiger partial charge in [-0.1, -0.05) is 12.1 Å². The zero-order valence-electron chi connectivity index (χ0n) is 14.3. The average molecular weight is 363 g/mol. The number of hydrogen-bond acceptors (Lipinski definition) is 5. The maximum absolute atomic E-state index is 12.6. The second kappa shape index (κ2) is 6.77. The highest BCUT2D eigenvalue weighted by Gasteiger charge is 2.35. The fourth-order valence-corrected chi connectivity index (χ4v) is 3.16. The van der Waals surface area contributed by atoms with E-state index in [4.69, 9.17) is 10.3 Å². The first-order chi connectivity index (χ1) is 11.6. The minimum Gasteiger partial charge on any atom is -0.338 e. The van der Waals surface area contributed by atoms with Gasteiger partial charge < -0.3 is 15.2 Å². The molecule has 1 aliphatic heterocycles. The van der Waals surface area contributed by atoms with Gasteiger partial charge in [-0.15, -0.1) is 12.4 Å². The number of rotatable bonds is 4. The summed E-state index contributed by atoms with van der Waals surface area (Å²) in [5, 5.41) is 4.03. The molecule has 0 spiro atoms. The molecule has 25 heavy (non-hydrogen) atoms. The largest absolute Gasteiger partial charge is 0.338 e. The smallest absolute Gasteiger partial charge is 0.257 e. The molecular weight excluding hydrogens is 340 g/mol. The summed E-state index contributed by atoms with van der Waals surface area (Å²) in [6, 6.07) is 7.40. The van der Waals surface area contributed by atoms with E-state index in [1.807, 2.05) is 29.2 Å². The van der Waals surface area contributed by atoms with Crippen LogP contribution < -0.4 is 5.73 Å². The molecule has 2 fully saturated rings. The lowest BCUT2D eigenvalue weighted by Crippen LogP contribution is -2.34. The van der Waals surface area contributed by atoms with E-state index in [-0.39, 0.29) is 23.7 Å². The molecule has 2 aromatic rings. The molecule has 6 nitrogen and oxygen atoms in total. The van der Waals surface area contributed by atoms with Crippen molar-refractivity contribution < 1.29 is 9.32 Å². The Morgan fingerprint density at radius 1 is 1.36 bits per heavy atom. The number of hydrogen-bond donors (Lipinski definition) is 1. The molecule has 2 aliphatic rings. The Morgan fingerprint density at radius 3 is 2.68 bits per heavy atom. The number of amides is 1. The third kappa shape index (κ3) is 3.55. The summed E-state index contributed by atoms with van der Waals surface area (Å²) in [7, 11) is 0. The van der Waals surface area contributed by atoms with Crippen LogP contribution in [0, 0.1) is 5.41 Å². The predicted molar refractivity (Wildman–Crippen MR) is 96.6 cm³/mol. The second-order valence-electron chi connectivity index (χ2n) is 7.30. The molecular formula is C18H23ClN4O2. The van der Waals surface area contributed by atoms with Crippen LogP contribution in [0.25, 0.3) is 11.5 Å². The van der Waals surface area contributed by atoms with Gasteiger partial charge in [0.15, 0.2) is 5.82 Å². The molecule has 1 aliphatic carbocycles. The van der Waals surface area contributed by atoms with Crippen molar-refractivity contribution in [3.63, 3.8) is 0 Å². The summed E-state index contributed by atoms with van der Waals surface area (Å²) in [4.78, 5) is 19.0. The van der Waals surface area contributed by atoms with Crippen molar-refractivity contribution >= 4 is 18.3 Å². The number of nitrogens with two attached hydrogens (primary N) is 1. The van der Waals surface area contributed by atoms with Crippen molar-refractivity contribution in [3.05, 3.63) is 35.7 Å². The van der Waals surface area contributed by atoms with Gasteiger partial charge in [0, 0.05) is 30.1 Å². The highest BCUT2D eigenvalue weighted by molar-refractivity contribution is 5.94. The minimum atomic E-state index is 0. The lowest BCUT2D eigenvalue weighted by atomic mass is 9.90. The summed E-state index contributed by atoms with van der Waals surface area (Å²) in [6.07, 6.45) is 3.24. The second-order valence-corrected chi connectivity index (χ2v) is 7.30. The Labute approximate surface area is 153 Å². The molecule has 1 saturated carbocycles. The Hall–Kier alpha value is -1.92. The molecule has 7 heteroatoms. The molecule has 1 atom stereocenters. The van der Waals surface area contributed by atoms with Gasteiger partial charge in [-0.25, -0.2) is 0 Å². The third-order valence-electron chi connectivity index (χ3n) is 5.10. The SMILES string of the molecule is CC1(CN)CCN(C(=O)c2ccc(-c3nc(C4CC4)no3)cc2)C1.Cl. The monoisotopic (exact) mass is 362 g/mol. The van der Waals surface area contributed by atoms with Crippen LogP contribution in [-0.2, 0) is 0 Å². The zero-order chi connectivity index (χ0) is 16.7. The molecule has 1 saturated heterocycles. The number of halogens is 1. The van der Waals surface area contributed by atoms with Crippen molar-refractivity contribution in [2.45, 2.75) is 32.1 Å². The van der Waals surface area contributed by atoms with Crippen LogP contribution in [0.3, 0.4) is 0 Å². The van der Waals surface area contributed by atoms with Crippen molar-refractivity contribution in [1.29, 1.82) is 0 Å². The summed E-state index contributed by atoms with van der Waals surface area (Å²) in [5.41, 5.74) is 7.39. The highest BCUT2D eigenvalue weighted by atomic mass is 35.5. The number of aromatic nitrogens is 2. The van der Waals surface area contributed by atoms with Crippen LogP contribution in [-0.4, -0.2) is 40.6 Å². The van der Waals surface area contributed by atoms with E-state index < -0.39 is 0 Å². The molecule has 1 aromatic heterocycles. The molecule has 2 heterocycles. The molecule has 1 amide bonds. The van der Waals surface area contributed by atoms with Gasteiger partial charge in [0.05, 0.1) is 0 Å². The molecule has 134 valence electrons. The first-order valence-electron chi connectivity index (χ1n) is 8.51. The van der Waals surface area contributed by atoms with Crippen LogP contribution >= 0.6 is 12.4 Å². The molecule has 4 rings (SSSR count). The van der Waals surface area contributed by atoms with Gasteiger partial charge in [-0.05, 0) is 55.5 Å². The summed E-state index contributed by atoms with van der Waals surface area (Å²) >= 11 is 0. The first kappa shape index (κ1) is 17.9. The molecule has 0 bridgehead atoms. The van der Waals surface area contributed by atoms with Gasteiger partial charge in [0.25, 0.3) is 11.8 Å². The number of nitrogens with zero attached hydrogens (tertiary/aromatic N) is 3. The number of likely N-dealkylation sites (tertiary alicyclic amines) is 1. The van der Waals surface area contributed by atoms with E-state index in [0.29, 0.717) is 23.9 Å². The van der Waals surface area contributed by atoms with Crippen LogP contribution in [0.1, 0.15) is 48.3 Å². The van der Waals surface area contributed by atoms with Gasteiger partial charge >= 0.3 is 0 Å². The van der Waals surface area contributed by atoms with Crippen LogP contribution in [0.2, 0.25) is 0 Å². The van der Waals surface area contributed by atoms with Crippen molar-refractivity contribution in [1.82, 2.24) is 15.0 Å². The fraction of sp³-hybridized carbons (Fsp3) is 0.500. The standard InChI is InChI=1S/C18H22N4O2.ClH/c1-18(10-19)8-9-22(11-18)17(23)14-6-4-13(5-7-14)16-20-15(21-24-16)12-2-3-12;/h4-7,12H,2-3,8-11,19H2,1H3;1H. The predicted octanol–water partition coefficient (Wildman–Crippen LogP) is 2.85. The van der Waals surface area contributed by atoms with E-state index in [1.165, 1.54) is 0 Å². The third-order valence-corrected chi connectivity index (χ3v) is 5.10. The molecule has 0 radical (unpaired) electrons. The van der Waals surface area contributed by atoms with Crippen LogP contribution in [0.4, 0.5) is 0 Å². The minimum absolute atomic E-state index is 0. The normalized spacial score (nSPS) is 22.7. The number of carbonyl (C=O) groups is 1. The van der Waals surface area contributed by atoms with Crippen LogP contribution in [0.15, 0.2) is 28.8 Å². The molecule has 1 aromatic carbocycles. The molecule has 1 unspecified atom stereocenters. The van der Waals surface area contributed by atoms with Crippen molar-refractivity contribution in [3.8, 4) is 11.5 Å². The van der Waals surface area contributed by atoms with Gasteiger partial charge in [-0.3, -0.25) is 4.79 Å². The van der Waals surface area contributed by atoms with Crippen LogP contribution in [0.5, 0.6) is 0 Å². The summed E-state index contributed by atoms with van der Waals surface area (Å²) < 4.78 is 5.32. The zero-order valence-corrected chi connectivity index (χ0v) is 15.1. The first-order valence-corrected chi connectivity index (χ1v) is 8.51. The van der Waals surface area contributed by atoms with Crippen molar-refractivity contribution in [2.24, 2.45) is 11.1 Å². The topological polar surface area (TPSA) is 85.2 Å². The lowest BCUT2D eigenvalue weighted by molar-refractivity contribution is 0.0777. The Kier molecular flexibility index (Phi) is 4.84. The Balaban J connectivity index is 0.00000182. The van der Waals surface area contributed by atoms with Gasteiger partial charge in [-0.2, -0.15) is 4.98 Å². The summed E-state index contributed by atoms with van der Waals surface area (Å²) in [5.74, 6) is 1.84. The van der Waals surface area contributed by atoms with E-state index in [9.17, 15) is 4.79 Å². The average Bonchev–Trinajstić information content (AvgIpc) is 3.21. The maximum atomic E-state index is 12.6. The maximum Gasteiger partial charge on any atom is 0.257 e. The Morgan fingerprint density at radius 2 is 2.08 bits per heavy atom. The van der Waals surface area contributed by atoms with E-state index in [1.54, 1.807) is 0 Å². The fourth-order valence-electron chi connectivity index (χ4n) is 3.16. The summed E-state index contributed by atoms with van der Waals surface area (Å²) in [6.45, 7) is 4.23. The quantitative estimate of drug-likeness (QED) is 0.903. The van der Waals surface area contributed by atoms with Crippen molar-refractivity contribution in [2.75, 3.05) is 19.6 Å². The molecule has 2 N–H and O–H groups in total. The van der Waals surface area contributed by atoms with Gasteiger partial charge in [0.2, 0.25) is 0 Å². The van der Waals surface area contributed by atoms with E-state index >= 15 is 0 Å². The number of carbonyl (C=O) groups excluding carboxylic acids is 1. The van der Waals surface area contributed by atoms with Gasteiger partial charge in [0.1, 0.15) is 0 Å². The Bertz CT molecular complexity index is 757. The lowest BCUT2D eigenvalue weighted by Gasteiger charge is -2.22. The number of benzene rings is 1. The highest BCUT2D eigenvalue weighted by Crippen LogP contribution is 2.38.